The third-order valence-corrected chi connectivity index (χ3v) is 18.0. The average molecular weight is 1130 g/mol. The number of carbonyl (C=O) groups excluding carboxylic acids is 3. The van der Waals surface area contributed by atoms with Crippen molar-refractivity contribution in [2.24, 2.45) is 11.3 Å². The van der Waals surface area contributed by atoms with Crippen molar-refractivity contribution in [3.63, 3.8) is 0 Å². The summed E-state index contributed by atoms with van der Waals surface area (Å²) >= 11 is 0. The van der Waals surface area contributed by atoms with Gasteiger partial charge in [0.25, 0.3) is 16.0 Å². The van der Waals surface area contributed by atoms with Crippen LogP contribution in [0.5, 0.6) is 5.75 Å². The number of piperazine rings is 1. The number of aromatic nitrogens is 2. The quantitative estimate of drug-likeness (QED) is 0.0755. The Hall–Kier alpha value is -6.12. The number of imide groups is 1. The monoisotopic (exact) mass is 1120 g/mol. The molecule has 3 fully saturated rings. The minimum atomic E-state index is -4.35. The van der Waals surface area contributed by atoms with E-state index in [-0.39, 0.29) is 52.8 Å². The van der Waals surface area contributed by atoms with E-state index < -0.39 is 33.7 Å². The van der Waals surface area contributed by atoms with E-state index in [9.17, 15) is 40.8 Å². The van der Waals surface area contributed by atoms with E-state index in [1.54, 1.807) is 35.9 Å². The van der Waals surface area contributed by atoms with Crippen molar-refractivity contribution in [2.75, 3.05) is 59.5 Å². The number of nitrogens with zero attached hydrogens (tertiary/aromatic N) is 5. The molecule has 3 amide bonds. The maximum absolute atomic E-state index is 14.4. The van der Waals surface area contributed by atoms with Crippen LogP contribution >= 0.6 is 0 Å². The molecule has 3 atom stereocenters. The molecule has 80 heavy (non-hydrogen) atoms. The van der Waals surface area contributed by atoms with Crippen LogP contribution < -0.4 is 15.7 Å². The van der Waals surface area contributed by atoms with Crippen molar-refractivity contribution >= 4 is 44.4 Å². The van der Waals surface area contributed by atoms with Crippen LogP contribution in [0.15, 0.2) is 107 Å². The summed E-state index contributed by atoms with van der Waals surface area (Å²) in [7, 11) is -2.36. The van der Waals surface area contributed by atoms with Crippen LogP contribution in [-0.4, -0.2) is 126 Å². The van der Waals surface area contributed by atoms with Gasteiger partial charge >= 0.3 is 11.9 Å². The molecule has 0 saturated carbocycles. The minimum Gasteiger partial charge on any atom is -0.497 e. The molecule has 0 radical (unpaired) electrons. The Morgan fingerprint density at radius 3 is 2.21 bits per heavy atom. The van der Waals surface area contributed by atoms with Crippen molar-refractivity contribution in [1.29, 1.82) is 0 Å². The van der Waals surface area contributed by atoms with E-state index in [0.717, 1.165) is 86.1 Å². The predicted octanol–water partition coefficient (Wildman–Crippen LogP) is 9.62. The molecule has 0 spiro atoms. The first-order chi connectivity index (χ1) is 37.9. The number of benzene rings is 4. The Morgan fingerprint density at radius 2 is 1.60 bits per heavy atom. The first kappa shape index (κ1) is 58.5. The maximum atomic E-state index is 14.4. The third kappa shape index (κ3) is 13.1. The second-order valence-corrected chi connectivity index (χ2v) is 25.1. The molecule has 5 aromatic rings. The number of allylic oxidation sites excluding steroid dienone is 2. The van der Waals surface area contributed by atoms with E-state index in [1.807, 2.05) is 28.0 Å². The van der Waals surface area contributed by atoms with E-state index in [4.69, 9.17) is 14.0 Å². The highest BCUT2D eigenvalue weighted by Crippen LogP contribution is 2.46. The molecule has 19 heteroatoms. The molecular formula is C61H75F3N6O9S. The SMILES string of the molecule is COc1ccc([C@]2(CCN(Cc3ccc(C4=CC[C@H](CN5CCN(C(=O)c6ccc7c8c6CCCn8c(=O)n7[C@@H]6CCC(=O)NC6=O)CC5)CC4)cc3)CC(C)(C)C(F)(F)F)CCOC(C)(C)C2)cc1.O=S(=O)(O)c1ccccc1. The number of amides is 3. The summed E-state index contributed by atoms with van der Waals surface area (Å²) in [5.41, 5.74) is 4.66. The fourth-order valence-electron chi connectivity index (χ4n) is 12.7. The van der Waals surface area contributed by atoms with Crippen molar-refractivity contribution in [1.82, 2.24) is 29.2 Å². The summed E-state index contributed by atoms with van der Waals surface area (Å²) in [6, 6.07) is 26.8. The summed E-state index contributed by atoms with van der Waals surface area (Å²) < 4.78 is 87.3. The van der Waals surface area contributed by atoms with Crippen LogP contribution in [0.1, 0.15) is 124 Å². The van der Waals surface area contributed by atoms with Gasteiger partial charge in [0.2, 0.25) is 11.8 Å². The molecule has 1 aromatic heterocycles. The highest BCUT2D eigenvalue weighted by molar-refractivity contribution is 7.85. The Morgan fingerprint density at radius 1 is 0.887 bits per heavy atom. The topological polar surface area (TPSA) is 173 Å². The van der Waals surface area contributed by atoms with Crippen molar-refractivity contribution in [2.45, 2.75) is 133 Å². The standard InChI is InChI=1S/C55H69F3N6O6.C6H6O3S/c1-52(2,55(56,57)58)36-61(27-24-54(25-32-70-53(3,4)35-54)41-16-18-42(69-5)19-17-41)34-38-10-14-40(15-11-38)39-12-8-37(9-13-39)33-60-28-30-62(31-29-60)50(67)44-20-21-45-48-43(44)7-6-26-63(48)51(68)64(45)46-22-23-47(65)59-49(46)66;7-10(8,9)6-4-2-1-3-5-6/h10-12,14-21,37,46H,6-9,13,22-36H2,1-5H3,(H,59,65,66);1-5H,(H,7,8,9)/t37-,46+,54+;/m0./s1. The lowest BCUT2D eigenvalue weighted by atomic mass is 9.67. The van der Waals surface area contributed by atoms with Crippen LogP contribution in [0, 0.1) is 11.3 Å². The summed E-state index contributed by atoms with van der Waals surface area (Å²) in [5, 5.41) is 2.38. The number of rotatable bonds is 15. The zero-order valence-electron chi connectivity index (χ0n) is 46.5. The number of aryl methyl sites for hydroxylation is 2. The van der Waals surface area contributed by atoms with E-state index in [0.29, 0.717) is 69.2 Å². The predicted molar refractivity (Wildman–Crippen MR) is 300 cm³/mol. The zero-order chi connectivity index (χ0) is 57.2. The highest BCUT2D eigenvalue weighted by atomic mass is 32.2. The third-order valence-electron chi connectivity index (χ3n) is 17.1. The number of alkyl halides is 3. The van der Waals surface area contributed by atoms with E-state index in [2.05, 4.69) is 66.5 Å². The van der Waals surface area contributed by atoms with Gasteiger partial charge in [0.05, 0.1) is 34.1 Å². The van der Waals surface area contributed by atoms with Crippen LogP contribution in [0.25, 0.3) is 16.6 Å². The second kappa shape index (κ2) is 23.8. The van der Waals surface area contributed by atoms with Crippen LogP contribution in [-0.2, 0) is 49.4 Å². The van der Waals surface area contributed by atoms with Gasteiger partial charge in [-0.15, -0.1) is 0 Å². The maximum Gasteiger partial charge on any atom is 0.395 e. The van der Waals surface area contributed by atoms with Gasteiger partial charge < -0.3 is 14.4 Å². The molecule has 4 aliphatic heterocycles. The Labute approximate surface area is 466 Å². The Kier molecular flexibility index (Phi) is 17.4. The summed E-state index contributed by atoms with van der Waals surface area (Å²) in [4.78, 5) is 58.7. The molecule has 5 aliphatic rings. The molecule has 5 heterocycles. The molecular weight excluding hydrogens is 1050 g/mol. The van der Waals surface area contributed by atoms with Gasteiger partial charge in [-0.05, 0) is 162 Å². The van der Waals surface area contributed by atoms with Gasteiger partial charge in [-0.2, -0.15) is 21.6 Å². The number of carbonyl (C=O) groups is 3. The van der Waals surface area contributed by atoms with Crippen molar-refractivity contribution < 1.29 is 50.0 Å². The van der Waals surface area contributed by atoms with Gasteiger partial charge in [0.15, 0.2) is 0 Å². The smallest absolute Gasteiger partial charge is 0.395 e. The number of imidazole rings is 1. The molecule has 10 rings (SSSR count). The van der Waals surface area contributed by atoms with Gasteiger partial charge in [-0.25, -0.2) is 4.79 Å². The van der Waals surface area contributed by atoms with Crippen molar-refractivity contribution in [3.8, 4) is 5.75 Å². The van der Waals surface area contributed by atoms with Crippen LogP contribution in [0.4, 0.5) is 13.2 Å². The lowest BCUT2D eigenvalue weighted by molar-refractivity contribution is -0.217. The second-order valence-electron chi connectivity index (χ2n) is 23.7. The van der Waals surface area contributed by atoms with Gasteiger partial charge in [-0.3, -0.25) is 43.2 Å². The number of nitrogens with one attached hydrogen (secondary N) is 1. The highest BCUT2D eigenvalue weighted by Gasteiger charge is 2.49. The van der Waals surface area contributed by atoms with Crippen LogP contribution in [0.2, 0.25) is 0 Å². The molecule has 4 aromatic carbocycles. The molecule has 1 aliphatic carbocycles. The number of hydrogen-bond acceptors (Lipinski definition) is 10. The fraction of sp³-hybridized carbons (Fsp3) is 0.508. The zero-order valence-corrected chi connectivity index (χ0v) is 47.3. The Bertz CT molecular complexity index is 3260. The summed E-state index contributed by atoms with van der Waals surface area (Å²) in [6.07, 6.45) is 5.05. The lowest BCUT2D eigenvalue weighted by Gasteiger charge is -2.46. The number of hydrogen-bond donors (Lipinski definition) is 2. The Balaban J connectivity index is 0.000000699. The van der Waals surface area contributed by atoms with Crippen LogP contribution in [0.3, 0.4) is 0 Å². The molecule has 15 nitrogen and oxygen atoms in total. The molecule has 2 N–H and O–H groups in total. The molecule has 430 valence electrons. The average Bonchev–Trinajstić information content (AvgIpc) is 3.86. The van der Waals surface area contributed by atoms with E-state index >= 15 is 0 Å². The first-order valence-electron chi connectivity index (χ1n) is 27.9. The largest absolute Gasteiger partial charge is 0.497 e. The first-order valence-corrected chi connectivity index (χ1v) is 29.4. The number of methoxy groups -OCH3 is 1. The van der Waals surface area contributed by atoms with Gasteiger partial charge in [-0.1, -0.05) is 60.7 Å². The number of ether oxygens (including phenoxy) is 2. The van der Waals surface area contributed by atoms with Crippen molar-refractivity contribution in [3.05, 3.63) is 135 Å². The number of piperidine rings is 1. The van der Waals surface area contributed by atoms with Gasteiger partial charge in [0, 0.05) is 76.4 Å². The minimum absolute atomic E-state index is 0.0301. The lowest BCUT2D eigenvalue weighted by Crippen LogP contribution is -2.50. The fourth-order valence-corrected chi connectivity index (χ4v) is 13.2. The number of halogens is 3. The summed E-state index contributed by atoms with van der Waals surface area (Å²) in [6.45, 7) is 12.5. The summed E-state index contributed by atoms with van der Waals surface area (Å²) in [5.74, 6) is 0.437. The molecule has 0 unspecified atom stereocenters. The normalized spacial score (nSPS) is 21.9. The van der Waals surface area contributed by atoms with E-state index in [1.165, 1.54) is 41.7 Å². The van der Waals surface area contributed by atoms with Gasteiger partial charge in [0.1, 0.15) is 11.8 Å². The molecule has 0 bridgehead atoms. The molecule has 3 saturated heterocycles.